The SMILES string of the molecule is COc1cnc2ccc(Nc3c(F)ccc([NH2+]S(=O)(=O)CCCF)c3F)c([N+](=O)[O-])c2n1. The smallest absolute Gasteiger partial charge is 0.320 e. The molecule has 2 aromatic carbocycles. The molecule has 0 saturated carbocycles. The first-order chi connectivity index (χ1) is 15.2. The Balaban J connectivity index is 2.07. The van der Waals surface area contributed by atoms with E-state index in [9.17, 15) is 31.7 Å². The van der Waals surface area contributed by atoms with Crippen molar-refractivity contribution < 1.29 is 36.0 Å². The summed E-state index contributed by atoms with van der Waals surface area (Å²) in [4.78, 5) is 18.9. The third-order valence-electron chi connectivity index (χ3n) is 4.31. The third kappa shape index (κ3) is 4.86. The summed E-state index contributed by atoms with van der Waals surface area (Å²) in [5.41, 5.74) is -2.25. The maximum absolute atomic E-state index is 14.9. The lowest BCUT2D eigenvalue weighted by molar-refractivity contribution is -0.399. The minimum atomic E-state index is -3.98. The molecule has 3 aromatic rings. The zero-order chi connectivity index (χ0) is 23.5. The van der Waals surface area contributed by atoms with E-state index in [4.69, 9.17) is 4.74 Å². The van der Waals surface area contributed by atoms with Gasteiger partial charge in [-0.05, 0) is 24.6 Å². The van der Waals surface area contributed by atoms with Crippen LogP contribution in [0.25, 0.3) is 11.0 Å². The second-order valence-corrected chi connectivity index (χ2v) is 8.45. The number of fused-ring (bicyclic) bond motifs is 1. The van der Waals surface area contributed by atoms with Gasteiger partial charge in [0.2, 0.25) is 11.7 Å². The first-order valence-corrected chi connectivity index (χ1v) is 10.7. The monoisotopic (exact) mass is 472 g/mol. The summed E-state index contributed by atoms with van der Waals surface area (Å²) >= 11 is 0. The van der Waals surface area contributed by atoms with Gasteiger partial charge in [-0.25, -0.2) is 19.1 Å². The second kappa shape index (κ2) is 9.32. The number of nitrogens with zero attached hydrogens (tertiary/aromatic N) is 3. The molecule has 0 aliphatic heterocycles. The Hall–Kier alpha value is -3.52. The summed E-state index contributed by atoms with van der Waals surface area (Å²) < 4.78 is 71.1. The molecular weight excluding hydrogens is 455 g/mol. The molecule has 3 N–H and O–H groups in total. The minimum Gasteiger partial charge on any atom is -0.480 e. The zero-order valence-corrected chi connectivity index (χ0v) is 17.3. The van der Waals surface area contributed by atoms with Crippen molar-refractivity contribution in [3.8, 4) is 5.88 Å². The van der Waals surface area contributed by atoms with Gasteiger partial charge in [-0.15, -0.1) is 0 Å². The van der Waals surface area contributed by atoms with Crippen molar-refractivity contribution in [2.75, 3.05) is 24.9 Å². The number of nitrogens with one attached hydrogen (secondary N) is 1. The molecular formula is C18H17F3N5O5S+. The van der Waals surface area contributed by atoms with Crippen LogP contribution in [-0.2, 0) is 10.0 Å². The zero-order valence-electron chi connectivity index (χ0n) is 16.5. The maximum atomic E-state index is 14.9. The lowest BCUT2D eigenvalue weighted by Crippen LogP contribution is -2.82. The van der Waals surface area contributed by atoms with Crippen LogP contribution in [0, 0.1) is 21.7 Å². The van der Waals surface area contributed by atoms with Crippen LogP contribution in [0.4, 0.5) is 35.9 Å². The maximum Gasteiger partial charge on any atom is 0.320 e. The molecule has 170 valence electrons. The lowest BCUT2D eigenvalue weighted by Gasteiger charge is -2.12. The fourth-order valence-electron chi connectivity index (χ4n) is 2.85. The number of anilines is 2. The van der Waals surface area contributed by atoms with E-state index in [0.29, 0.717) is 4.72 Å². The van der Waals surface area contributed by atoms with Crippen molar-refractivity contribution in [1.29, 1.82) is 0 Å². The van der Waals surface area contributed by atoms with Crippen molar-refractivity contribution in [1.82, 2.24) is 9.97 Å². The van der Waals surface area contributed by atoms with Crippen LogP contribution in [0.1, 0.15) is 6.42 Å². The Morgan fingerprint density at radius 3 is 2.66 bits per heavy atom. The Labute approximate surface area is 179 Å². The van der Waals surface area contributed by atoms with E-state index in [1.165, 1.54) is 25.4 Å². The van der Waals surface area contributed by atoms with E-state index in [2.05, 4.69) is 15.3 Å². The number of nitro benzene ring substituents is 1. The molecule has 0 atom stereocenters. The van der Waals surface area contributed by atoms with Crippen LogP contribution >= 0.6 is 0 Å². The Morgan fingerprint density at radius 1 is 1.25 bits per heavy atom. The highest BCUT2D eigenvalue weighted by Gasteiger charge is 2.26. The van der Waals surface area contributed by atoms with Crippen molar-refractivity contribution >= 4 is 43.8 Å². The van der Waals surface area contributed by atoms with Crippen molar-refractivity contribution in [2.45, 2.75) is 6.42 Å². The van der Waals surface area contributed by atoms with Crippen molar-refractivity contribution in [3.63, 3.8) is 0 Å². The fraction of sp³-hybridized carbons (Fsp3) is 0.222. The minimum absolute atomic E-state index is 0.00908. The second-order valence-electron chi connectivity index (χ2n) is 6.48. The topological polar surface area (TPSA) is 141 Å². The van der Waals surface area contributed by atoms with Crippen molar-refractivity contribution in [3.05, 3.63) is 52.2 Å². The van der Waals surface area contributed by atoms with Gasteiger partial charge in [-0.2, -0.15) is 12.8 Å². The number of rotatable bonds is 9. The Morgan fingerprint density at radius 2 is 2.00 bits per heavy atom. The first-order valence-electron chi connectivity index (χ1n) is 9.03. The van der Waals surface area contributed by atoms with E-state index in [1.807, 2.05) is 0 Å². The van der Waals surface area contributed by atoms with Gasteiger partial charge in [0.15, 0.2) is 11.2 Å². The Kier molecular flexibility index (Phi) is 6.74. The number of alkyl halides is 1. The summed E-state index contributed by atoms with van der Waals surface area (Å²) in [5, 5.41) is 14.0. The van der Waals surface area contributed by atoms with Gasteiger partial charge >= 0.3 is 5.69 Å². The standard InChI is InChI=1S/C18H16F3N5O5S/c1-31-14-9-22-12-5-6-13(18(26(27)28)17(12)24-14)23-16-10(20)3-4-11(15(16)21)25-32(29,30)8-2-7-19/h3-6,9,23,25H,2,7-8H2,1H3/p+1. The molecule has 10 nitrogen and oxygen atoms in total. The number of ether oxygens (including phenoxy) is 1. The summed E-state index contributed by atoms with van der Waals surface area (Å²) in [6, 6.07) is 4.24. The van der Waals surface area contributed by atoms with Gasteiger partial charge in [0.1, 0.15) is 22.9 Å². The molecule has 0 saturated heterocycles. The van der Waals surface area contributed by atoms with Gasteiger partial charge in [-0.3, -0.25) is 14.5 Å². The number of halogens is 3. The van der Waals surface area contributed by atoms with E-state index < -0.39 is 56.1 Å². The number of nitro groups is 1. The highest BCUT2D eigenvalue weighted by Crippen LogP contribution is 2.36. The molecule has 14 heteroatoms. The number of methoxy groups -OCH3 is 1. The highest BCUT2D eigenvalue weighted by molar-refractivity contribution is 7.84. The molecule has 0 bridgehead atoms. The molecule has 32 heavy (non-hydrogen) atoms. The summed E-state index contributed by atoms with van der Waals surface area (Å²) in [6.45, 7) is -0.870. The van der Waals surface area contributed by atoms with Gasteiger partial charge in [-0.1, -0.05) is 0 Å². The quantitative estimate of drug-likeness (QED) is 0.275. The van der Waals surface area contributed by atoms with Crippen LogP contribution in [0.5, 0.6) is 5.88 Å². The summed E-state index contributed by atoms with van der Waals surface area (Å²) in [6.07, 6.45) is 0.974. The molecule has 0 amide bonds. The van der Waals surface area contributed by atoms with Gasteiger partial charge in [0.25, 0.3) is 10.0 Å². The molecule has 0 aliphatic rings. The van der Waals surface area contributed by atoms with Gasteiger partial charge in [0, 0.05) is 6.07 Å². The molecule has 0 fully saturated rings. The molecule has 3 rings (SSSR count). The van der Waals surface area contributed by atoms with Crippen LogP contribution in [-0.4, -0.2) is 42.8 Å². The number of sulfonamides is 1. The number of quaternary nitrogens is 1. The largest absolute Gasteiger partial charge is 0.480 e. The average molecular weight is 472 g/mol. The molecule has 0 radical (unpaired) electrons. The number of primary sulfonamides is 1. The number of nitrogens with two attached hydrogens (primary N) is 1. The Bertz CT molecular complexity index is 1290. The van der Waals surface area contributed by atoms with Gasteiger partial charge in [0.05, 0.1) is 30.4 Å². The van der Waals surface area contributed by atoms with E-state index in [0.717, 1.165) is 12.1 Å². The fourth-order valence-corrected chi connectivity index (χ4v) is 4.05. The average Bonchev–Trinajstić information content (AvgIpc) is 2.76. The van der Waals surface area contributed by atoms with Crippen LogP contribution in [0.15, 0.2) is 30.5 Å². The number of aromatic nitrogens is 2. The van der Waals surface area contributed by atoms with Crippen LogP contribution < -0.4 is 14.8 Å². The van der Waals surface area contributed by atoms with Gasteiger partial charge < -0.3 is 10.1 Å². The predicted octanol–water partition coefficient (Wildman–Crippen LogP) is 2.45. The van der Waals surface area contributed by atoms with E-state index in [1.54, 1.807) is 0 Å². The molecule has 0 spiro atoms. The molecule has 1 heterocycles. The number of hydrogen-bond acceptors (Lipinski definition) is 8. The number of benzene rings is 2. The summed E-state index contributed by atoms with van der Waals surface area (Å²) in [7, 11) is -2.69. The molecule has 1 aromatic heterocycles. The molecule has 0 unspecified atom stereocenters. The van der Waals surface area contributed by atoms with Crippen LogP contribution in [0.2, 0.25) is 0 Å². The number of hydrogen-bond donors (Lipinski definition) is 2. The highest BCUT2D eigenvalue weighted by atomic mass is 32.2. The summed E-state index contributed by atoms with van der Waals surface area (Å²) in [5.74, 6) is -2.98. The van der Waals surface area contributed by atoms with Crippen molar-refractivity contribution in [2.24, 2.45) is 0 Å². The molecule has 0 aliphatic carbocycles. The lowest BCUT2D eigenvalue weighted by atomic mass is 10.2. The normalized spacial score (nSPS) is 11.5. The van der Waals surface area contributed by atoms with E-state index in [-0.39, 0.29) is 29.0 Å². The predicted molar refractivity (Wildman–Crippen MR) is 108 cm³/mol. The third-order valence-corrected chi connectivity index (χ3v) is 5.78. The first kappa shape index (κ1) is 23.1. The van der Waals surface area contributed by atoms with Crippen LogP contribution in [0.3, 0.4) is 0 Å². The van der Waals surface area contributed by atoms with E-state index >= 15 is 0 Å².